The highest BCUT2D eigenvalue weighted by molar-refractivity contribution is 5.97. The minimum absolute atomic E-state index is 0.125. The third-order valence-corrected chi connectivity index (χ3v) is 3.31. The van der Waals surface area contributed by atoms with E-state index in [4.69, 9.17) is 11.0 Å². The van der Waals surface area contributed by atoms with Crippen LogP contribution in [0.25, 0.3) is 0 Å². The molecule has 0 aliphatic heterocycles. The third-order valence-electron chi connectivity index (χ3n) is 3.31. The lowest BCUT2D eigenvalue weighted by Gasteiger charge is -2.18. The van der Waals surface area contributed by atoms with Crippen LogP contribution in [0.15, 0.2) is 18.2 Å². The molecular formula is C15H13F6N3O2. The Morgan fingerprint density at radius 2 is 1.58 bits per heavy atom. The smallest absolute Gasteiger partial charge is 0.368 e. The highest BCUT2D eigenvalue weighted by Gasteiger charge is 2.37. The van der Waals surface area contributed by atoms with Crippen LogP contribution in [-0.2, 0) is 17.1 Å². The van der Waals surface area contributed by atoms with E-state index < -0.39 is 52.8 Å². The van der Waals surface area contributed by atoms with Crippen LogP contribution in [0.4, 0.5) is 26.3 Å². The molecule has 0 spiro atoms. The number of carbonyl (C=O) groups is 2. The second kappa shape index (κ2) is 7.63. The van der Waals surface area contributed by atoms with E-state index in [2.05, 4.69) is 0 Å². The van der Waals surface area contributed by atoms with E-state index in [1.807, 2.05) is 5.32 Å². The van der Waals surface area contributed by atoms with Crippen LogP contribution in [0.3, 0.4) is 0 Å². The summed E-state index contributed by atoms with van der Waals surface area (Å²) in [5.74, 6) is -3.17. The average molecular weight is 381 g/mol. The van der Waals surface area contributed by atoms with E-state index in [0.29, 0.717) is 0 Å². The zero-order chi connectivity index (χ0) is 20.3. The average Bonchev–Trinajstić information content (AvgIpc) is 2.51. The first-order valence-electron chi connectivity index (χ1n) is 7.05. The lowest BCUT2D eigenvalue weighted by molar-refractivity contribution is -0.143. The molecule has 0 saturated heterocycles. The molecule has 1 aromatic carbocycles. The second-order valence-electron chi connectivity index (χ2n) is 5.49. The first-order valence-corrected chi connectivity index (χ1v) is 7.05. The molecule has 2 amide bonds. The summed E-state index contributed by atoms with van der Waals surface area (Å²) in [6.07, 6.45) is -10.5. The largest absolute Gasteiger partial charge is 0.416 e. The van der Waals surface area contributed by atoms with E-state index in [-0.39, 0.29) is 24.6 Å². The highest BCUT2D eigenvalue weighted by atomic mass is 19.4. The van der Waals surface area contributed by atoms with Crippen molar-refractivity contribution in [3.05, 3.63) is 34.9 Å². The first kappa shape index (κ1) is 21.3. The summed E-state index contributed by atoms with van der Waals surface area (Å²) in [5, 5.41) is 10.7. The van der Waals surface area contributed by atoms with E-state index in [0.717, 1.165) is 0 Å². The first-order chi connectivity index (χ1) is 11.8. The summed E-state index contributed by atoms with van der Waals surface area (Å²) >= 11 is 0. The molecular weight excluding hydrogens is 368 g/mol. The standard InChI is InChI=1S/C15H13F6N3O2/c1-7(6-22)2-11(12(23)25)24-13(26)8-3-9(14(16,17)18)5-10(4-8)15(19,20)21/h3-5,7,11H,2H2,1H3,(H2,23,25)(H,24,26)/t7-,11-/m0/s1. The molecule has 5 nitrogen and oxygen atoms in total. The maximum atomic E-state index is 12.8. The van der Waals surface area contributed by atoms with Crippen molar-refractivity contribution >= 4 is 11.8 Å². The van der Waals surface area contributed by atoms with Crippen LogP contribution >= 0.6 is 0 Å². The zero-order valence-electron chi connectivity index (χ0n) is 13.2. The molecule has 0 bridgehead atoms. The summed E-state index contributed by atoms with van der Waals surface area (Å²) in [6.45, 7) is 1.40. The molecule has 0 aliphatic carbocycles. The minimum atomic E-state index is -5.12. The van der Waals surface area contributed by atoms with Gasteiger partial charge in [-0.3, -0.25) is 9.59 Å². The molecule has 3 N–H and O–H groups in total. The lowest BCUT2D eigenvalue weighted by atomic mass is 10.0. The fourth-order valence-corrected chi connectivity index (χ4v) is 1.98. The molecule has 0 aliphatic rings. The van der Waals surface area contributed by atoms with Gasteiger partial charge in [-0.25, -0.2) is 0 Å². The van der Waals surface area contributed by atoms with Crippen LogP contribution in [0.2, 0.25) is 0 Å². The van der Waals surface area contributed by atoms with Gasteiger partial charge in [0.05, 0.1) is 17.2 Å². The van der Waals surface area contributed by atoms with Crippen LogP contribution in [0, 0.1) is 17.2 Å². The van der Waals surface area contributed by atoms with Gasteiger partial charge in [-0.1, -0.05) is 0 Å². The number of nitrogens with two attached hydrogens (primary N) is 1. The molecule has 0 fully saturated rings. The van der Waals surface area contributed by atoms with E-state index in [9.17, 15) is 35.9 Å². The fourth-order valence-electron chi connectivity index (χ4n) is 1.98. The summed E-state index contributed by atoms with van der Waals surface area (Å²) in [4.78, 5) is 23.4. The number of carbonyl (C=O) groups excluding carboxylic acids is 2. The molecule has 0 heterocycles. The number of benzene rings is 1. The van der Waals surface area contributed by atoms with Gasteiger partial charge in [0, 0.05) is 11.5 Å². The molecule has 0 aromatic heterocycles. The predicted octanol–water partition coefficient (Wildman–Crippen LogP) is 2.86. The molecule has 1 aromatic rings. The number of hydrogen-bond donors (Lipinski definition) is 2. The maximum Gasteiger partial charge on any atom is 0.416 e. The Hall–Kier alpha value is -2.77. The number of nitrogens with zero attached hydrogens (tertiary/aromatic N) is 1. The number of halogens is 6. The van der Waals surface area contributed by atoms with Crippen molar-refractivity contribution in [3.63, 3.8) is 0 Å². The topological polar surface area (TPSA) is 96.0 Å². The highest BCUT2D eigenvalue weighted by Crippen LogP contribution is 2.36. The number of nitriles is 1. The second-order valence-corrected chi connectivity index (χ2v) is 5.49. The molecule has 142 valence electrons. The Bertz CT molecular complexity index is 704. The minimum Gasteiger partial charge on any atom is -0.368 e. The van der Waals surface area contributed by atoms with Gasteiger partial charge in [0.2, 0.25) is 5.91 Å². The number of primary amides is 1. The zero-order valence-corrected chi connectivity index (χ0v) is 13.2. The molecule has 26 heavy (non-hydrogen) atoms. The number of nitrogens with one attached hydrogen (secondary N) is 1. The van der Waals surface area contributed by atoms with Gasteiger partial charge in [0.25, 0.3) is 5.91 Å². The van der Waals surface area contributed by atoms with Crippen molar-refractivity contribution in [2.45, 2.75) is 31.7 Å². The quantitative estimate of drug-likeness (QED) is 0.768. The lowest BCUT2D eigenvalue weighted by Crippen LogP contribution is -2.45. The van der Waals surface area contributed by atoms with Crippen molar-refractivity contribution in [1.29, 1.82) is 5.26 Å². The van der Waals surface area contributed by atoms with Crippen molar-refractivity contribution in [3.8, 4) is 6.07 Å². The summed E-state index contributed by atoms with van der Waals surface area (Å²) in [6, 6.07) is 0.675. The molecule has 2 atom stereocenters. The number of hydrogen-bond acceptors (Lipinski definition) is 3. The van der Waals surface area contributed by atoms with Crippen molar-refractivity contribution in [2.24, 2.45) is 11.7 Å². The molecule has 0 unspecified atom stereocenters. The summed E-state index contributed by atoms with van der Waals surface area (Å²) in [7, 11) is 0. The molecule has 1 rings (SSSR count). The van der Waals surface area contributed by atoms with E-state index >= 15 is 0 Å². The predicted molar refractivity (Wildman–Crippen MR) is 76.3 cm³/mol. The van der Waals surface area contributed by atoms with Gasteiger partial charge in [-0.2, -0.15) is 31.6 Å². The summed E-state index contributed by atoms with van der Waals surface area (Å²) in [5.41, 5.74) is 0.764. The Kier molecular flexibility index (Phi) is 6.25. The Morgan fingerprint density at radius 3 is 1.92 bits per heavy atom. The SMILES string of the molecule is C[C@H](C#N)C[C@H](NC(=O)c1cc(C(F)(F)F)cc(C(F)(F)F)c1)C(N)=O. The molecule has 0 radical (unpaired) electrons. The van der Waals surface area contributed by atoms with Gasteiger partial charge >= 0.3 is 12.4 Å². The Labute approximate surface area is 143 Å². The molecule has 11 heteroatoms. The van der Waals surface area contributed by atoms with E-state index in [1.165, 1.54) is 6.92 Å². The van der Waals surface area contributed by atoms with Gasteiger partial charge < -0.3 is 11.1 Å². The van der Waals surface area contributed by atoms with Crippen LogP contribution in [-0.4, -0.2) is 17.9 Å². The Morgan fingerprint density at radius 1 is 1.12 bits per heavy atom. The Balaban J connectivity index is 3.26. The van der Waals surface area contributed by atoms with Gasteiger partial charge in [-0.05, 0) is 31.5 Å². The monoisotopic (exact) mass is 381 g/mol. The normalized spacial score (nSPS) is 14.2. The molecule has 0 saturated carbocycles. The van der Waals surface area contributed by atoms with Gasteiger partial charge in [0.1, 0.15) is 6.04 Å². The van der Waals surface area contributed by atoms with Crippen LogP contribution < -0.4 is 11.1 Å². The fraction of sp³-hybridized carbons (Fsp3) is 0.400. The van der Waals surface area contributed by atoms with Crippen molar-refractivity contribution in [1.82, 2.24) is 5.32 Å². The third kappa shape index (κ3) is 5.65. The summed E-state index contributed by atoms with van der Waals surface area (Å²) < 4.78 is 76.8. The number of alkyl halides is 6. The van der Waals surface area contributed by atoms with Crippen LogP contribution in [0.5, 0.6) is 0 Å². The maximum absolute atomic E-state index is 12.8. The number of rotatable bonds is 5. The van der Waals surface area contributed by atoms with Gasteiger partial charge in [-0.15, -0.1) is 0 Å². The van der Waals surface area contributed by atoms with Crippen molar-refractivity contribution in [2.75, 3.05) is 0 Å². The van der Waals surface area contributed by atoms with Crippen LogP contribution in [0.1, 0.15) is 34.8 Å². The van der Waals surface area contributed by atoms with Gasteiger partial charge in [0.15, 0.2) is 0 Å². The van der Waals surface area contributed by atoms with E-state index in [1.54, 1.807) is 6.07 Å². The van der Waals surface area contributed by atoms with Crippen molar-refractivity contribution < 1.29 is 35.9 Å². The number of amides is 2.